The summed E-state index contributed by atoms with van der Waals surface area (Å²) in [6.45, 7) is 1.94. The lowest BCUT2D eigenvalue weighted by atomic mass is 9.93. The van der Waals surface area contributed by atoms with Crippen molar-refractivity contribution in [3.63, 3.8) is 0 Å². The number of anilines is 2. The minimum Gasteiger partial charge on any atom is -0.337 e. The molecular weight excluding hydrogens is 538 g/mol. The lowest BCUT2D eigenvalue weighted by Gasteiger charge is -2.40. The number of para-hydroxylation sites is 3. The number of aliphatic imine (C=N–C) groups is 2. The first-order valence-corrected chi connectivity index (χ1v) is 13.3. The number of nitrogens with zero attached hydrogens (tertiary/aromatic N) is 6. The molecule has 1 atom stereocenters. The van der Waals surface area contributed by atoms with E-state index in [1.54, 1.807) is 18.2 Å². The van der Waals surface area contributed by atoms with E-state index in [1.165, 1.54) is 6.07 Å². The van der Waals surface area contributed by atoms with E-state index in [1.807, 2.05) is 90.5 Å². The van der Waals surface area contributed by atoms with Crippen molar-refractivity contribution in [3.05, 3.63) is 135 Å². The Bertz CT molecular complexity index is 1900. The number of non-ortho nitro benzene ring substituents is 1. The van der Waals surface area contributed by atoms with E-state index in [0.29, 0.717) is 22.5 Å². The number of nitrogens with one attached hydrogen (secondary N) is 1. The van der Waals surface area contributed by atoms with Crippen molar-refractivity contribution in [3.8, 4) is 5.69 Å². The van der Waals surface area contributed by atoms with E-state index < -0.39 is 6.04 Å². The van der Waals surface area contributed by atoms with Gasteiger partial charge in [0.2, 0.25) is 0 Å². The van der Waals surface area contributed by atoms with Crippen LogP contribution in [-0.2, 0) is 0 Å². The molecule has 200 valence electrons. The molecule has 0 saturated heterocycles. The average molecular weight is 560 g/mol. The molecule has 0 unspecified atom stereocenters. The van der Waals surface area contributed by atoms with Crippen LogP contribution in [0.5, 0.6) is 0 Å². The predicted octanol–water partition coefficient (Wildman–Crippen LogP) is 7.54. The Balaban J connectivity index is 1.51. The summed E-state index contributed by atoms with van der Waals surface area (Å²) < 4.78 is 1.82. The highest BCUT2D eigenvalue weighted by Crippen LogP contribution is 2.48. The van der Waals surface area contributed by atoms with Crippen LogP contribution in [0.3, 0.4) is 0 Å². The minimum absolute atomic E-state index is 0.0115. The molecule has 2 aliphatic rings. The molecule has 41 heavy (non-hydrogen) atoms. The molecule has 0 radical (unpaired) electrons. The second-order valence-corrected chi connectivity index (χ2v) is 10.2. The standard InChI is InChI=1S/C31H22ClN7O2/c1-19-27-28(20-9-7-14-24(17-20)39(40)41)37-26-16-6-5-15-25(26)34-29(33-22-11-8-10-21(32)18-22)31(37)35-30(27)38(36-19)23-12-3-2-4-13-23/h2-18,28H,1H3,(H,33,34)/t28-/m1/s1. The third-order valence-electron chi connectivity index (χ3n) is 7.12. The van der Waals surface area contributed by atoms with Crippen LogP contribution in [0.15, 0.2) is 113 Å². The lowest BCUT2D eigenvalue weighted by Crippen LogP contribution is -2.46. The highest BCUT2D eigenvalue weighted by Gasteiger charge is 2.41. The van der Waals surface area contributed by atoms with Crippen LogP contribution in [0.25, 0.3) is 5.69 Å². The number of aromatic nitrogens is 2. The molecule has 4 aromatic carbocycles. The molecule has 3 heterocycles. The minimum atomic E-state index is -0.470. The topological polar surface area (TPSA) is 101 Å². The lowest BCUT2D eigenvalue weighted by molar-refractivity contribution is -0.384. The summed E-state index contributed by atoms with van der Waals surface area (Å²) in [5.41, 5.74) is 5.55. The number of benzene rings is 4. The van der Waals surface area contributed by atoms with Crippen molar-refractivity contribution < 1.29 is 4.92 Å². The smallest absolute Gasteiger partial charge is 0.269 e. The number of nitro benzene ring substituents is 1. The van der Waals surface area contributed by atoms with Crippen molar-refractivity contribution in [1.82, 2.24) is 9.78 Å². The number of fused-ring (bicyclic) bond motifs is 4. The number of amidine groups is 2. The Morgan fingerprint density at radius 1 is 0.902 bits per heavy atom. The van der Waals surface area contributed by atoms with Gasteiger partial charge >= 0.3 is 0 Å². The summed E-state index contributed by atoms with van der Waals surface area (Å²) in [6, 6.07) is 31.2. The summed E-state index contributed by atoms with van der Waals surface area (Å²) >= 11 is 6.30. The third-order valence-corrected chi connectivity index (χ3v) is 7.36. The van der Waals surface area contributed by atoms with E-state index in [9.17, 15) is 10.1 Å². The van der Waals surface area contributed by atoms with Crippen molar-refractivity contribution in [2.45, 2.75) is 13.0 Å². The first kappa shape index (κ1) is 24.7. The molecule has 0 saturated carbocycles. The van der Waals surface area contributed by atoms with Crippen LogP contribution in [-0.4, -0.2) is 26.4 Å². The van der Waals surface area contributed by atoms with Gasteiger partial charge in [-0.05, 0) is 55.0 Å². The third kappa shape index (κ3) is 4.23. The van der Waals surface area contributed by atoms with Crippen molar-refractivity contribution >= 4 is 51.8 Å². The number of aryl methyl sites for hydroxylation is 1. The maximum Gasteiger partial charge on any atom is 0.269 e. The molecule has 0 spiro atoms. The van der Waals surface area contributed by atoms with Crippen molar-refractivity contribution in [1.29, 1.82) is 0 Å². The summed E-state index contributed by atoms with van der Waals surface area (Å²) in [4.78, 5) is 23.7. The summed E-state index contributed by atoms with van der Waals surface area (Å²) in [6.07, 6.45) is 0. The molecule has 1 N–H and O–H groups in total. The van der Waals surface area contributed by atoms with Gasteiger partial charge in [0.05, 0.1) is 33.7 Å². The normalized spacial score (nSPS) is 15.3. The number of nitro groups is 1. The first-order chi connectivity index (χ1) is 20.0. The predicted molar refractivity (Wildman–Crippen MR) is 161 cm³/mol. The van der Waals surface area contributed by atoms with E-state index in [-0.39, 0.29) is 10.6 Å². The molecule has 2 aliphatic heterocycles. The van der Waals surface area contributed by atoms with Gasteiger partial charge in [0.15, 0.2) is 17.5 Å². The Morgan fingerprint density at radius 3 is 2.49 bits per heavy atom. The zero-order chi connectivity index (χ0) is 28.1. The molecule has 7 rings (SSSR count). The van der Waals surface area contributed by atoms with E-state index in [0.717, 1.165) is 39.6 Å². The van der Waals surface area contributed by atoms with Crippen LogP contribution in [0.1, 0.15) is 22.9 Å². The number of hydrogen-bond donors (Lipinski definition) is 1. The zero-order valence-corrected chi connectivity index (χ0v) is 22.5. The van der Waals surface area contributed by atoms with E-state index in [4.69, 9.17) is 26.7 Å². The van der Waals surface area contributed by atoms with Crippen LogP contribution in [0.2, 0.25) is 5.02 Å². The van der Waals surface area contributed by atoms with Gasteiger partial charge in [0, 0.05) is 28.4 Å². The fraction of sp³-hybridized carbons (Fsp3) is 0.0645. The first-order valence-electron chi connectivity index (χ1n) is 13.0. The average Bonchev–Trinajstić information content (AvgIpc) is 3.32. The van der Waals surface area contributed by atoms with E-state index in [2.05, 4.69) is 10.2 Å². The molecule has 0 fully saturated rings. The fourth-order valence-electron chi connectivity index (χ4n) is 5.37. The Hall–Kier alpha value is -5.28. The number of hydrogen-bond acceptors (Lipinski definition) is 7. The number of rotatable bonds is 4. The Labute approximate surface area is 240 Å². The second kappa shape index (κ2) is 9.72. The van der Waals surface area contributed by atoms with E-state index >= 15 is 0 Å². The van der Waals surface area contributed by atoms with Crippen LogP contribution < -0.4 is 10.2 Å². The maximum absolute atomic E-state index is 11.8. The van der Waals surface area contributed by atoms with Gasteiger partial charge in [-0.15, -0.1) is 0 Å². The largest absolute Gasteiger partial charge is 0.337 e. The SMILES string of the molecule is Cc1nn(-c2ccccc2)c2c1[C@@H](c1cccc([N+](=O)[O-])c1)N1C(=N2)C(Nc2cccc(Cl)c2)=Nc2ccccc21. The van der Waals surface area contributed by atoms with Gasteiger partial charge in [-0.1, -0.05) is 60.1 Å². The molecule has 5 aromatic rings. The quantitative estimate of drug-likeness (QED) is 0.181. The van der Waals surface area contributed by atoms with Gasteiger partial charge in [0.1, 0.15) is 0 Å². The van der Waals surface area contributed by atoms with Crippen molar-refractivity contribution in [2.24, 2.45) is 9.98 Å². The van der Waals surface area contributed by atoms with Gasteiger partial charge in [0.25, 0.3) is 5.69 Å². The molecule has 0 amide bonds. The van der Waals surface area contributed by atoms with Crippen LogP contribution in [0.4, 0.5) is 28.6 Å². The molecular formula is C31H22ClN7O2. The van der Waals surface area contributed by atoms with Gasteiger partial charge in [-0.2, -0.15) is 5.10 Å². The fourth-order valence-corrected chi connectivity index (χ4v) is 5.56. The van der Waals surface area contributed by atoms with Gasteiger partial charge < -0.3 is 10.2 Å². The van der Waals surface area contributed by atoms with Gasteiger partial charge in [-0.25, -0.2) is 14.7 Å². The summed E-state index contributed by atoms with van der Waals surface area (Å²) in [7, 11) is 0. The van der Waals surface area contributed by atoms with Crippen LogP contribution in [0, 0.1) is 17.0 Å². The number of halogens is 1. The van der Waals surface area contributed by atoms with Gasteiger partial charge in [-0.3, -0.25) is 10.1 Å². The van der Waals surface area contributed by atoms with Crippen molar-refractivity contribution in [2.75, 3.05) is 10.2 Å². The Morgan fingerprint density at radius 2 is 1.68 bits per heavy atom. The molecule has 0 aliphatic carbocycles. The summed E-state index contributed by atoms with van der Waals surface area (Å²) in [5.74, 6) is 1.71. The molecule has 10 heteroatoms. The monoisotopic (exact) mass is 559 g/mol. The molecule has 9 nitrogen and oxygen atoms in total. The maximum atomic E-state index is 11.8. The second-order valence-electron chi connectivity index (χ2n) is 9.71. The zero-order valence-electron chi connectivity index (χ0n) is 21.8. The highest BCUT2D eigenvalue weighted by molar-refractivity contribution is 6.51. The summed E-state index contributed by atoms with van der Waals surface area (Å²) in [5, 5.41) is 20.7. The molecule has 0 bridgehead atoms. The van der Waals surface area contributed by atoms with Crippen LogP contribution >= 0.6 is 11.6 Å². The molecule has 1 aromatic heterocycles. The highest BCUT2D eigenvalue weighted by atomic mass is 35.5. The Kier molecular flexibility index (Phi) is 5.87.